The van der Waals surface area contributed by atoms with E-state index in [1.165, 1.54) is 41.1 Å². The van der Waals surface area contributed by atoms with E-state index in [9.17, 15) is 17.2 Å². The van der Waals surface area contributed by atoms with Gasteiger partial charge in [-0.05, 0) is 48.9 Å². The van der Waals surface area contributed by atoms with Crippen molar-refractivity contribution in [1.82, 2.24) is 4.98 Å². The maximum absolute atomic E-state index is 13.7. The van der Waals surface area contributed by atoms with Gasteiger partial charge in [-0.25, -0.2) is 22.2 Å². The van der Waals surface area contributed by atoms with Crippen LogP contribution in [0.1, 0.15) is 6.42 Å². The molecule has 0 spiro atoms. The van der Waals surface area contributed by atoms with E-state index in [0.717, 1.165) is 0 Å². The summed E-state index contributed by atoms with van der Waals surface area (Å²) in [6.07, 6.45) is -0.519. The Kier molecular flexibility index (Phi) is 5.37. The molecular weight excluding hydrogens is 418 g/mol. The van der Waals surface area contributed by atoms with Crippen molar-refractivity contribution in [3.63, 3.8) is 0 Å². The molecule has 0 unspecified atom stereocenters. The van der Waals surface area contributed by atoms with E-state index in [1.54, 1.807) is 28.5 Å². The molecule has 1 aliphatic heterocycles. The lowest BCUT2D eigenvalue weighted by molar-refractivity contribution is 0.364. The van der Waals surface area contributed by atoms with Crippen molar-refractivity contribution in [1.29, 1.82) is 0 Å². The SMILES string of the molecule is O=S(=O)(Nc1cscn1)c1ccc(Nc2ccc(F)cc2N2CC[C@@H](F)C2)cc1. The highest BCUT2D eigenvalue weighted by Gasteiger charge is 2.24. The Morgan fingerprint density at radius 2 is 1.97 bits per heavy atom. The maximum Gasteiger partial charge on any atom is 0.263 e. The molecule has 0 aliphatic carbocycles. The van der Waals surface area contributed by atoms with Gasteiger partial charge in [0.2, 0.25) is 0 Å². The molecule has 29 heavy (non-hydrogen) atoms. The number of anilines is 4. The first kappa shape index (κ1) is 19.6. The summed E-state index contributed by atoms with van der Waals surface area (Å²) in [6, 6.07) is 10.4. The molecule has 3 aromatic rings. The molecule has 152 valence electrons. The van der Waals surface area contributed by atoms with E-state index in [2.05, 4.69) is 15.0 Å². The highest BCUT2D eigenvalue weighted by atomic mass is 32.2. The van der Waals surface area contributed by atoms with Gasteiger partial charge in [0.25, 0.3) is 10.0 Å². The number of nitrogens with one attached hydrogen (secondary N) is 2. The molecule has 0 amide bonds. The largest absolute Gasteiger partial charge is 0.367 e. The Bertz CT molecular complexity index is 1090. The monoisotopic (exact) mass is 436 g/mol. The van der Waals surface area contributed by atoms with E-state index in [4.69, 9.17) is 0 Å². The van der Waals surface area contributed by atoms with E-state index < -0.39 is 22.0 Å². The van der Waals surface area contributed by atoms with Gasteiger partial charge in [-0.15, -0.1) is 11.3 Å². The normalized spacial score (nSPS) is 16.8. The van der Waals surface area contributed by atoms with Crippen molar-refractivity contribution in [3.05, 3.63) is 59.2 Å². The zero-order valence-corrected chi connectivity index (χ0v) is 16.8. The molecule has 1 aliphatic rings. The van der Waals surface area contributed by atoms with Crippen LogP contribution >= 0.6 is 11.3 Å². The number of aromatic nitrogens is 1. The van der Waals surface area contributed by atoms with Crippen LogP contribution in [-0.4, -0.2) is 32.7 Å². The van der Waals surface area contributed by atoms with Crippen LogP contribution in [0.2, 0.25) is 0 Å². The summed E-state index contributed by atoms with van der Waals surface area (Å²) in [5.41, 5.74) is 3.36. The van der Waals surface area contributed by atoms with Gasteiger partial charge >= 0.3 is 0 Å². The van der Waals surface area contributed by atoms with Gasteiger partial charge in [-0.1, -0.05) is 0 Å². The van der Waals surface area contributed by atoms with Gasteiger partial charge in [0.15, 0.2) is 5.82 Å². The summed E-state index contributed by atoms with van der Waals surface area (Å²) >= 11 is 1.29. The van der Waals surface area contributed by atoms with Crippen molar-refractivity contribution in [3.8, 4) is 0 Å². The van der Waals surface area contributed by atoms with Gasteiger partial charge in [-0.3, -0.25) is 4.72 Å². The average Bonchev–Trinajstić information content (AvgIpc) is 3.35. The summed E-state index contributed by atoms with van der Waals surface area (Å²) in [5.74, 6) is -0.132. The number of rotatable bonds is 6. The van der Waals surface area contributed by atoms with Gasteiger partial charge in [0, 0.05) is 24.2 Å². The molecule has 2 heterocycles. The minimum atomic E-state index is -3.74. The fraction of sp³-hybridized carbons (Fsp3) is 0.211. The van der Waals surface area contributed by atoms with Crippen molar-refractivity contribution < 1.29 is 17.2 Å². The van der Waals surface area contributed by atoms with Gasteiger partial charge in [0.05, 0.1) is 21.8 Å². The predicted octanol–water partition coefficient (Wildman–Crippen LogP) is 4.37. The standard InChI is InChI=1S/C19H18F2N4O2S2/c20-13-1-6-17(18(9-13)25-8-7-14(21)10-25)23-15-2-4-16(5-3-15)29(26,27)24-19-11-28-12-22-19/h1-6,9,11-12,14,23-24H,7-8,10H2/t14-/m1/s1. The van der Waals surface area contributed by atoms with Gasteiger partial charge in [0.1, 0.15) is 12.0 Å². The summed E-state index contributed by atoms with van der Waals surface area (Å²) in [6.45, 7) is 0.733. The lowest BCUT2D eigenvalue weighted by atomic mass is 10.2. The third kappa shape index (κ3) is 4.48. The maximum atomic E-state index is 13.7. The summed E-state index contributed by atoms with van der Waals surface area (Å²) < 4.78 is 54.6. The number of benzene rings is 2. The Labute approximate surface area is 171 Å². The molecule has 1 atom stereocenters. The number of hydrogen-bond acceptors (Lipinski definition) is 6. The van der Waals surface area contributed by atoms with E-state index in [-0.39, 0.29) is 17.3 Å². The highest BCUT2D eigenvalue weighted by molar-refractivity contribution is 7.92. The Hall–Kier alpha value is -2.72. The molecule has 1 aromatic heterocycles. The van der Waals surface area contributed by atoms with Crippen LogP contribution in [0.5, 0.6) is 0 Å². The highest BCUT2D eigenvalue weighted by Crippen LogP contribution is 2.33. The number of thiazole rings is 1. The number of hydrogen-bond donors (Lipinski definition) is 2. The average molecular weight is 437 g/mol. The topological polar surface area (TPSA) is 74.3 Å². The number of sulfonamides is 1. The fourth-order valence-electron chi connectivity index (χ4n) is 3.14. The molecule has 6 nitrogen and oxygen atoms in total. The molecule has 2 aromatic carbocycles. The van der Waals surface area contributed by atoms with Crippen LogP contribution in [-0.2, 0) is 10.0 Å². The second kappa shape index (κ2) is 7.96. The van der Waals surface area contributed by atoms with E-state index >= 15 is 0 Å². The Morgan fingerprint density at radius 1 is 1.17 bits per heavy atom. The quantitative estimate of drug-likeness (QED) is 0.600. The van der Waals surface area contributed by atoms with E-state index in [0.29, 0.717) is 30.0 Å². The Balaban J connectivity index is 1.54. The first-order valence-electron chi connectivity index (χ1n) is 8.87. The van der Waals surface area contributed by atoms with Gasteiger partial charge in [-0.2, -0.15) is 0 Å². The third-order valence-corrected chi connectivity index (χ3v) is 6.50. The zero-order valence-electron chi connectivity index (χ0n) is 15.2. The second-order valence-electron chi connectivity index (χ2n) is 6.62. The number of alkyl halides is 1. The van der Waals surface area contributed by atoms with Crippen molar-refractivity contribution in [2.24, 2.45) is 0 Å². The van der Waals surface area contributed by atoms with Crippen molar-refractivity contribution in [2.45, 2.75) is 17.5 Å². The zero-order chi connectivity index (χ0) is 20.4. The predicted molar refractivity (Wildman–Crippen MR) is 111 cm³/mol. The molecule has 0 saturated carbocycles. The lowest BCUT2D eigenvalue weighted by Crippen LogP contribution is -2.21. The summed E-state index contributed by atoms with van der Waals surface area (Å²) in [4.78, 5) is 5.81. The molecule has 0 radical (unpaired) electrons. The van der Waals surface area contributed by atoms with Crippen molar-refractivity contribution in [2.75, 3.05) is 28.0 Å². The van der Waals surface area contributed by atoms with Crippen molar-refractivity contribution >= 4 is 44.2 Å². The number of nitrogens with zero attached hydrogens (tertiary/aromatic N) is 2. The minimum absolute atomic E-state index is 0.0928. The second-order valence-corrected chi connectivity index (χ2v) is 9.02. The molecule has 2 N–H and O–H groups in total. The summed E-state index contributed by atoms with van der Waals surface area (Å²) in [7, 11) is -3.74. The van der Waals surface area contributed by atoms with Crippen LogP contribution < -0.4 is 14.9 Å². The lowest BCUT2D eigenvalue weighted by Gasteiger charge is -2.22. The van der Waals surface area contributed by atoms with Crippen LogP contribution in [0, 0.1) is 5.82 Å². The van der Waals surface area contributed by atoms with Crippen LogP contribution in [0.4, 0.5) is 31.7 Å². The minimum Gasteiger partial charge on any atom is -0.367 e. The first-order chi connectivity index (χ1) is 13.9. The van der Waals surface area contributed by atoms with Crippen LogP contribution in [0.25, 0.3) is 0 Å². The smallest absolute Gasteiger partial charge is 0.263 e. The summed E-state index contributed by atoms with van der Waals surface area (Å²) in [5, 5.41) is 4.76. The first-order valence-corrected chi connectivity index (χ1v) is 11.3. The number of halogens is 2. The third-order valence-electron chi connectivity index (χ3n) is 4.55. The Morgan fingerprint density at radius 3 is 2.62 bits per heavy atom. The molecule has 1 saturated heterocycles. The molecule has 1 fully saturated rings. The molecular formula is C19H18F2N4O2S2. The van der Waals surface area contributed by atoms with Crippen LogP contribution in [0.3, 0.4) is 0 Å². The molecule has 10 heteroatoms. The van der Waals surface area contributed by atoms with Gasteiger partial charge < -0.3 is 10.2 Å². The fourth-order valence-corrected chi connectivity index (χ4v) is 4.70. The van der Waals surface area contributed by atoms with E-state index in [1.807, 2.05) is 0 Å². The molecule has 4 rings (SSSR count). The van der Waals surface area contributed by atoms with Crippen LogP contribution in [0.15, 0.2) is 58.3 Å². The molecule has 0 bridgehead atoms.